The summed E-state index contributed by atoms with van der Waals surface area (Å²) in [4.78, 5) is 16.6. The zero-order valence-corrected chi connectivity index (χ0v) is 8.59. The third kappa shape index (κ3) is 9.01. The first-order valence-electron chi connectivity index (χ1n) is 2.62. The van der Waals surface area contributed by atoms with Crippen LogP contribution in [-0.4, -0.2) is 14.5 Å². The summed E-state index contributed by atoms with van der Waals surface area (Å²) in [5.74, 6) is 0. The van der Waals surface area contributed by atoms with Crippen LogP contribution in [0.1, 0.15) is 20.8 Å². The summed E-state index contributed by atoms with van der Waals surface area (Å²) < 4.78 is 4.55. The Morgan fingerprint density at radius 2 is 1.80 bits per heavy atom. The van der Waals surface area contributed by atoms with Crippen LogP contribution in [0, 0.1) is 0 Å². The average molecular weight is 202 g/mol. The maximum atomic E-state index is 8.31. The van der Waals surface area contributed by atoms with Gasteiger partial charge in [-0.3, -0.25) is 0 Å². The van der Waals surface area contributed by atoms with Crippen molar-refractivity contribution in [2.75, 3.05) is 0 Å². The van der Waals surface area contributed by atoms with Crippen LogP contribution in [0.25, 0.3) is 0 Å². The summed E-state index contributed by atoms with van der Waals surface area (Å²) >= 11 is 1.01. The van der Waals surface area contributed by atoms with E-state index in [1.165, 1.54) is 10.8 Å². The highest BCUT2D eigenvalue weighted by Crippen LogP contribution is 2.43. The van der Waals surface area contributed by atoms with Crippen LogP contribution in [0.5, 0.6) is 0 Å². The quantitative estimate of drug-likeness (QED) is 0.418. The molecule has 0 aromatic carbocycles. The Morgan fingerprint density at radius 3 is 2.10 bits per heavy atom. The van der Waals surface area contributed by atoms with E-state index in [1.807, 2.05) is 20.8 Å². The number of hydrogen-bond donors (Lipinski definition) is 2. The molecule has 0 saturated heterocycles. The summed E-state index contributed by atoms with van der Waals surface area (Å²) in [6.07, 6.45) is 0. The first-order valence-corrected chi connectivity index (χ1v) is 5.86. The Balaban J connectivity index is 3.21. The monoisotopic (exact) mass is 202 g/mol. The summed E-state index contributed by atoms with van der Waals surface area (Å²) in [6.45, 7) is 6.06. The second-order valence-electron chi connectivity index (χ2n) is 2.59. The van der Waals surface area contributed by atoms with Crippen molar-refractivity contribution in [1.29, 1.82) is 0 Å². The molecule has 0 saturated carbocycles. The molecular weight excluding hydrogens is 191 g/mol. The van der Waals surface area contributed by atoms with Gasteiger partial charge in [-0.25, -0.2) is 3.97 Å². The van der Waals surface area contributed by atoms with E-state index < -0.39 is 8.60 Å². The number of rotatable bonds is 3. The molecule has 0 radical (unpaired) electrons. The minimum Gasteiger partial charge on any atom is -0.327 e. The highest BCUT2D eigenvalue weighted by Gasteiger charge is 2.12. The van der Waals surface area contributed by atoms with Crippen LogP contribution in [0.2, 0.25) is 0 Å². The minimum absolute atomic E-state index is 0.0794. The molecule has 0 amide bonds. The fraction of sp³-hybridized carbons (Fsp3) is 1.00. The van der Waals surface area contributed by atoms with Crippen LogP contribution in [0.15, 0.2) is 0 Å². The highest BCUT2D eigenvalue weighted by molar-refractivity contribution is 8.75. The molecule has 0 aromatic heterocycles. The van der Waals surface area contributed by atoms with Crippen molar-refractivity contribution < 1.29 is 13.8 Å². The van der Waals surface area contributed by atoms with Gasteiger partial charge in [-0.05, 0) is 0 Å². The lowest BCUT2D eigenvalue weighted by molar-refractivity contribution is 0.399. The molecule has 0 aliphatic rings. The molecular formula is C4H11O3PS2. The van der Waals surface area contributed by atoms with E-state index in [4.69, 9.17) is 9.79 Å². The van der Waals surface area contributed by atoms with Crippen molar-refractivity contribution in [2.45, 2.75) is 25.5 Å². The van der Waals surface area contributed by atoms with Crippen LogP contribution in [-0.2, 0) is 3.97 Å². The fourth-order valence-corrected chi connectivity index (χ4v) is 2.06. The Bertz CT molecular complexity index is 93.0. The van der Waals surface area contributed by atoms with Gasteiger partial charge in [0.05, 0.1) is 11.1 Å². The van der Waals surface area contributed by atoms with Crippen molar-refractivity contribution in [1.82, 2.24) is 0 Å². The van der Waals surface area contributed by atoms with E-state index in [2.05, 4.69) is 3.97 Å². The third-order valence-corrected chi connectivity index (χ3v) is 3.98. The summed E-state index contributed by atoms with van der Waals surface area (Å²) in [5.41, 5.74) is 0. The van der Waals surface area contributed by atoms with Crippen molar-refractivity contribution in [2.24, 2.45) is 0 Å². The standard InChI is InChI=1S/C4H11O3PS2/c1-4(2,3)9-10-7-8(5)6/h5-6H,1-3H3. The van der Waals surface area contributed by atoms with E-state index in [0.29, 0.717) is 0 Å². The first kappa shape index (κ1) is 11.0. The molecule has 10 heavy (non-hydrogen) atoms. The van der Waals surface area contributed by atoms with Gasteiger partial charge in [-0.1, -0.05) is 31.6 Å². The molecule has 0 heterocycles. The van der Waals surface area contributed by atoms with Gasteiger partial charge < -0.3 is 9.79 Å². The summed E-state index contributed by atoms with van der Waals surface area (Å²) in [5, 5.41) is 0. The van der Waals surface area contributed by atoms with E-state index in [-0.39, 0.29) is 4.75 Å². The predicted octanol–water partition coefficient (Wildman–Crippen LogP) is 2.31. The summed E-state index contributed by atoms with van der Waals surface area (Å²) in [6, 6.07) is 0. The lowest BCUT2D eigenvalue weighted by Gasteiger charge is -2.14. The summed E-state index contributed by atoms with van der Waals surface area (Å²) in [7, 11) is -0.759. The zero-order chi connectivity index (χ0) is 8.20. The molecule has 62 valence electrons. The first-order chi connectivity index (χ1) is 4.42. The van der Waals surface area contributed by atoms with Gasteiger partial charge in [0.2, 0.25) is 0 Å². The van der Waals surface area contributed by atoms with Crippen molar-refractivity contribution in [3.05, 3.63) is 0 Å². The predicted molar refractivity (Wildman–Crippen MR) is 47.4 cm³/mol. The molecule has 0 atom stereocenters. The smallest absolute Gasteiger partial charge is 0.327 e. The largest absolute Gasteiger partial charge is 0.340 e. The maximum absolute atomic E-state index is 8.31. The molecule has 0 aliphatic carbocycles. The van der Waals surface area contributed by atoms with Crippen molar-refractivity contribution in [3.8, 4) is 0 Å². The molecule has 0 unspecified atom stereocenters. The van der Waals surface area contributed by atoms with Crippen molar-refractivity contribution in [3.63, 3.8) is 0 Å². The van der Waals surface area contributed by atoms with Crippen LogP contribution in [0.3, 0.4) is 0 Å². The second-order valence-corrected chi connectivity index (χ2v) is 6.13. The zero-order valence-electron chi connectivity index (χ0n) is 6.07. The van der Waals surface area contributed by atoms with Crippen LogP contribution >= 0.6 is 30.5 Å². The van der Waals surface area contributed by atoms with Gasteiger partial charge in [0.25, 0.3) is 0 Å². The van der Waals surface area contributed by atoms with E-state index >= 15 is 0 Å². The van der Waals surface area contributed by atoms with Crippen LogP contribution in [0.4, 0.5) is 0 Å². The average Bonchev–Trinajstić information content (AvgIpc) is 1.59. The molecule has 0 spiro atoms. The topological polar surface area (TPSA) is 49.7 Å². The molecule has 6 heteroatoms. The van der Waals surface area contributed by atoms with Gasteiger partial charge in [0, 0.05) is 4.75 Å². The molecule has 0 rings (SSSR count). The Morgan fingerprint density at radius 1 is 1.30 bits per heavy atom. The lowest BCUT2D eigenvalue weighted by atomic mass is 10.3. The van der Waals surface area contributed by atoms with E-state index in [1.54, 1.807) is 0 Å². The molecule has 0 bridgehead atoms. The SMILES string of the molecule is CC(C)(C)SSOP(O)O. The number of hydrogen-bond acceptors (Lipinski definition) is 5. The second kappa shape index (κ2) is 4.80. The van der Waals surface area contributed by atoms with Gasteiger partial charge in [-0.2, -0.15) is 0 Å². The molecule has 2 N–H and O–H groups in total. The van der Waals surface area contributed by atoms with E-state index in [9.17, 15) is 0 Å². The maximum Gasteiger partial charge on any atom is 0.340 e. The van der Waals surface area contributed by atoms with Gasteiger partial charge in [-0.15, -0.1) is 0 Å². The lowest BCUT2D eigenvalue weighted by Crippen LogP contribution is -2.04. The highest BCUT2D eigenvalue weighted by atomic mass is 33.1. The Labute approximate surface area is 70.2 Å². The molecule has 0 aromatic rings. The fourth-order valence-electron chi connectivity index (χ4n) is 0.144. The molecule has 0 fully saturated rings. The Kier molecular flexibility index (Phi) is 5.29. The minimum atomic E-state index is -2.21. The van der Waals surface area contributed by atoms with Gasteiger partial charge in [0.15, 0.2) is 0 Å². The van der Waals surface area contributed by atoms with Gasteiger partial charge in [0.1, 0.15) is 0 Å². The van der Waals surface area contributed by atoms with Crippen LogP contribution < -0.4 is 0 Å². The third-order valence-electron chi connectivity index (χ3n) is 0.381. The van der Waals surface area contributed by atoms with Crippen molar-refractivity contribution >= 4 is 30.5 Å². The van der Waals surface area contributed by atoms with E-state index in [0.717, 1.165) is 11.1 Å². The molecule has 3 nitrogen and oxygen atoms in total. The molecule has 0 aliphatic heterocycles. The normalized spacial score (nSPS) is 12.6. The van der Waals surface area contributed by atoms with Gasteiger partial charge >= 0.3 is 8.60 Å². The Hall–Kier alpha value is 1.01.